The molecule has 0 saturated heterocycles. The summed E-state index contributed by atoms with van der Waals surface area (Å²) in [4.78, 5) is 20.3. The Bertz CT molecular complexity index is 404. The number of rotatable bonds is 5. The minimum absolute atomic E-state index is 0.0450. The van der Waals surface area contributed by atoms with E-state index in [4.69, 9.17) is 38.2 Å². The largest absolute Gasteiger partial charge is 0.478 e. The number of carboxylic acids is 2. The molecule has 17 heavy (non-hydrogen) atoms. The number of benzene rings is 1. The topological polar surface area (TPSA) is 83.8 Å². The molecule has 0 fully saturated rings. The van der Waals surface area contributed by atoms with Gasteiger partial charge in [0.2, 0.25) is 0 Å². The first-order valence-corrected chi connectivity index (χ1v) is 5.27. The van der Waals surface area contributed by atoms with Crippen molar-refractivity contribution in [3.05, 3.63) is 30.3 Å². The van der Waals surface area contributed by atoms with Crippen LogP contribution in [-0.2, 0) is 9.59 Å². The van der Waals surface area contributed by atoms with Crippen LogP contribution in [0.25, 0.3) is 0 Å². The number of ether oxygens (including phenoxy) is 1. The van der Waals surface area contributed by atoms with Crippen molar-refractivity contribution in [2.75, 3.05) is 0 Å². The summed E-state index contributed by atoms with van der Waals surface area (Å²) < 4.78 is 4.92. The van der Waals surface area contributed by atoms with E-state index >= 15 is 0 Å². The number of hydrogen-bond acceptors (Lipinski definition) is 3. The predicted octanol–water partition coefficient (Wildman–Crippen LogP) is 1.78. The van der Waals surface area contributed by atoms with Crippen molar-refractivity contribution in [3.8, 4) is 5.75 Å². The Morgan fingerprint density at radius 3 is 1.94 bits per heavy atom. The molecule has 0 spiro atoms. The molecule has 7 heteroatoms. The maximum Gasteiger partial charge on any atom is 0.363 e. The van der Waals surface area contributed by atoms with Gasteiger partial charge in [-0.2, -0.15) is 0 Å². The number of hydrogen-bond donors (Lipinski definition) is 2. The Kier molecular flexibility index (Phi) is 4.20. The molecule has 0 aliphatic carbocycles. The van der Waals surface area contributed by atoms with Crippen LogP contribution < -0.4 is 4.74 Å². The quantitative estimate of drug-likeness (QED) is 0.634. The SMILES string of the molecule is O=C(O)C(Oc1ccccc1)(C(=O)O)C(Cl)Cl. The molecule has 92 valence electrons. The van der Waals surface area contributed by atoms with E-state index in [0.29, 0.717) is 0 Å². The van der Waals surface area contributed by atoms with Gasteiger partial charge in [-0.15, -0.1) is 0 Å². The van der Waals surface area contributed by atoms with E-state index in [0.717, 1.165) is 0 Å². The molecule has 1 rings (SSSR count). The lowest BCUT2D eigenvalue weighted by Crippen LogP contribution is -2.56. The highest BCUT2D eigenvalue weighted by molar-refractivity contribution is 6.48. The number of halogens is 2. The maximum atomic E-state index is 11.0. The number of aliphatic carboxylic acids is 2. The lowest BCUT2D eigenvalue weighted by atomic mass is 10.1. The lowest BCUT2D eigenvalue weighted by molar-refractivity contribution is -0.170. The summed E-state index contributed by atoms with van der Waals surface area (Å²) >= 11 is 10.8. The van der Waals surface area contributed by atoms with Gasteiger partial charge < -0.3 is 14.9 Å². The summed E-state index contributed by atoms with van der Waals surface area (Å²) in [6.45, 7) is 0. The molecule has 0 aliphatic heterocycles. The van der Waals surface area contributed by atoms with E-state index in [-0.39, 0.29) is 5.75 Å². The van der Waals surface area contributed by atoms with Crippen molar-refractivity contribution in [2.45, 2.75) is 10.4 Å². The molecule has 0 heterocycles. The summed E-state index contributed by atoms with van der Waals surface area (Å²) in [6, 6.07) is 7.57. The van der Waals surface area contributed by atoms with Gasteiger partial charge >= 0.3 is 17.5 Å². The predicted molar refractivity (Wildman–Crippen MR) is 60.6 cm³/mol. The summed E-state index contributed by atoms with van der Waals surface area (Å²) in [5.74, 6) is -3.50. The summed E-state index contributed by atoms with van der Waals surface area (Å²) in [5.41, 5.74) is -2.73. The third-order valence-corrected chi connectivity index (χ3v) is 2.58. The van der Waals surface area contributed by atoms with Crippen LogP contribution in [0.1, 0.15) is 0 Å². The second kappa shape index (κ2) is 5.25. The van der Waals surface area contributed by atoms with Crippen LogP contribution in [0, 0.1) is 0 Å². The van der Waals surface area contributed by atoms with Gasteiger partial charge in [-0.3, -0.25) is 0 Å². The summed E-state index contributed by atoms with van der Waals surface area (Å²) in [5, 5.41) is 17.9. The second-order valence-corrected chi connectivity index (χ2v) is 4.16. The third-order valence-electron chi connectivity index (χ3n) is 1.96. The molecule has 1 aromatic rings. The molecule has 1 aromatic carbocycles. The first kappa shape index (κ1) is 13.6. The third kappa shape index (κ3) is 2.62. The van der Waals surface area contributed by atoms with Gasteiger partial charge in [0, 0.05) is 0 Å². The monoisotopic (exact) mass is 278 g/mol. The molecular formula is C10H8Cl2O5. The molecule has 2 N–H and O–H groups in total. The fourth-order valence-corrected chi connectivity index (χ4v) is 1.55. The highest BCUT2D eigenvalue weighted by atomic mass is 35.5. The summed E-state index contributed by atoms with van der Waals surface area (Å²) in [6.07, 6.45) is 0. The van der Waals surface area contributed by atoms with Crippen molar-refractivity contribution in [2.24, 2.45) is 0 Å². The van der Waals surface area contributed by atoms with Gasteiger partial charge in [0.05, 0.1) is 0 Å². The van der Waals surface area contributed by atoms with Crippen LogP contribution in [0.15, 0.2) is 30.3 Å². The normalized spacial score (nSPS) is 11.2. The highest BCUT2D eigenvalue weighted by Crippen LogP contribution is 2.28. The standard InChI is InChI=1S/C10H8Cl2O5/c11-7(12)10(8(13)14,9(15)16)17-6-4-2-1-3-5-6/h1-5,7H,(H,13,14)(H,15,16). The fraction of sp³-hybridized carbons (Fsp3) is 0.200. The van der Waals surface area contributed by atoms with E-state index in [2.05, 4.69) is 0 Å². The molecular weight excluding hydrogens is 271 g/mol. The number of carboxylic acid groups (broad SMARTS) is 2. The smallest absolute Gasteiger partial charge is 0.363 e. The minimum Gasteiger partial charge on any atom is -0.478 e. The molecule has 0 amide bonds. The molecule has 0 aromatic heterocycles. The van der Waals surface area contributed by atoms with Crippen molar-refractivity contribution >= 4 is 35.1 Å². The van der Waals surface area contributed by atoms with E-state index in [1.54, 1.807) is 18.2 Å². The van der Waals surface area contributed by atoms with Crippen molar-refractivity contribution in [1.29, 1.82) is 0 Å². The van der Waals surface area contributed by atoms with Crippen molar-refractivity contribution in [1.82, 2.24) is 0 Å². The van der Waals surface area contributed by atoms with Gasteiger partial charge in [-0.1, -0.05) is 41.4 Å². The molecule has 0 unspecified atom stereocenters. The van der Waals surface area contributed by atoms with E-state index in [1.807, 2.05) is 0 Å². The van der Waals surface area contributed by atoms with Crippen molar-refractivity contribution in [3.63, 3.8) is 0 Å². The van der Waals surface area contributed by atoms with Gasteiger partial charge in [0.15, 0.2) is 4.84 Å². The Balaban J connectivity index is 3.16. The first-order chi connectivity index (χ1) is 7.91. The van der Waals surface area contributed by atoms with Gasteiger partial charge in [-0.25, -0.2) is 9.59 Å². The highest BCUT2D eigenvalue weighted by Gasteiger charge is 2.55. The van der Waals surface area contributed by atoms with E-state index in [1.165, 1.54) is 12.1 Å². The molecule has 0 atom stereocenters. The Labute approximate surface area is 107 Å². The first-order valence-electron chi connectivity index (χ1n) is 4.40. The van der Waals surface area contributed by atoms with Crippen LogP contribution in [0.2, 0.25) is 0 Å². The van der Waals surface area contributed by atoms with Crippen LogP contribution in [-0.4, -0.2) is 32.6 Å². The summed E-state index contributed by atoms with van der Waals surface area (Å²) in [7, 11) is 0. The lowest BCUT2D eigenvalue weighted by Gasteiger charge is -2.26. The van der Waals surface area contributed by atoms with Crippen LogP contribution >= 0.6 is 23.2 Å². The average Bonchev–Trinajstić information content (AvgIpc) is 2.25. The van der Waals surface area contributed by atoms with Gasteiger partial charge in [-0.05, 0) is 12.1 Å². The number of carbonyl (C=O) groups is 2. The van der Waals surface area contributed by atoms with Crippen LogP contribution in [0.4, 0.5) is 0 Å². The molecule has 5 nitrogen and oxygen atoms in total. The Hall–Kier alpha value is -1.46. The average molecular weight is 279 g/mol. The zero-order chi connectivity index (χ0) is 13.1. The zero-order valence-corrected chi connectivity index (χ0v) is 9.85. The fourth-order valence-electron chi connectivity index (χ4n) is 1.08. The molecule has 0 saturated carbocycles. The van der Waals surface area contributed by atoms with Gasteiger partial charge in [0.25, 0.3) is 0 Å². The van der Waals surface area contributed by atoms with Crippen LogP contribution in [0.3, 0.4) is 0 Å². The molecule has 0 radical (unpaired) electrons. The zero-order valence-electron chi connectivity index (χ0n) is 8.34. The Morgan fingerprint density at radius 1 is 1.12 bits per heavy atom. The second-order valence-electron chi connectivity index (χ2n) is 3.06. The number of alkyl halides is 2. The number of para-hydroxylation sites is 1. The van der Waals surface area contributed by atoms with Crippen molar-refractivity contribution < 1.29 is 24.5 Å². The minimum atomic E-state index is -2.73. The van der Waals surface area contributed by atoms with Gasteiger partial charge in [0.1, 0.15) is 5.75 Å². The van der Waals surface area contributed by atoms with E-state index < -0.39 is 22.4 Å². The Morgan fingerprint density at radius 2 is 1.59 bits per heavy atom. The molecule has 0 bridgehead atoms. The van der Waals surface area contributed by atoms with E-state index in [9.17, 15) is 9.59 Å². The maximum absolute atomic E-state index is 11.0. The molecule has 0 aliphatic rings. The van der Waals surface area contributed by atoms with Crippen LogP contribution in [0.5, 0.6) is 5.75 Å².